The summed E-state index contributed by atoms with van der Waals surface area (Å²) < 4.78 is 53.9. The maximum absolute atomic E-state index is 13.5. The number of hydrogen-bond acceptors (Lipinski definition) is 1. The average molecular weight is 399 g/mol. The summed E-state index contributed by atoms with van der Waals surface area (Å²) in [7, 11) is 0. The van der Waals surface area contributed by atoms with Crippen LogP contribution >= 0.6 is 0 Å². The standard InChI is InChI=1S/C23H17F4NO/c24-17-11-9-16(10-12-17)21-18-6-2-1-5-15(18)13-14-28(21)22(29)19-7-3-4-8-20(19)23(25,26)27/h1-12,21H,13-14H2/t21-/m0/s1. The number of nitrogens with zero attached hydrogens (tertiary/aromatic N) is 1. The van der Waals surface area contributed by atoms with Crippen molar-refractivity contribution < 1.29 is 22.4 Å². The predicted octanol–water partition coefficient (Wildman–Crippen LogP) is 5.63. The Morgan fingerprint density at radius 3 is 2.28 bits per heavy atom. The van der Waals surface area contributed by atoms with Crippen molar-refractivity contribution in [3.63, 3.8) is 0 Å². The minimum atomic E-state index is -4.63. The van der Waals surface area contributed by atoms with Crippen molar-refractivity contribution in [3.05, 3.63) is 106 Å². The summed E-state index contributed by atoms with van der Waals surface area (Å²) in [6.07, 6.45) is -4.10. The number of rotatable bonds is 2. The fourth-order valence-corrected chi connectivity index (χ4v) is 3.86. The summed E-state index contributed by atoms with van der Waals surface area (Å²) in [5, 5.41) is 0. The molecular formula is C23H17F4NO. The highest BCUT2D eigenvalue weighted by Crippen LogP contribution is 2.38. The molecule has 0 aliphatic carbocycles. The van der Waals surface area contributed by atoms with E-state index >= 15 is 0 Å². The monoisotopic (exact) mass is 399 g/mol. The lowest BCUT2D eigenvalue weighted by molar-refractivity contribution is -0.138. The van der Waals surface area contributed by atoms with Gasteiger partial charge in [0.15, 0.2) is 0 Å². The molecule has 0 spiro atoms. The van der Waals surface area contributed by atoms with Crippen LogP contribution in [0.25, 0.3) is 0 Å². The fraction of sp³-hybridized carbons (Fsp3) is 0.174. The molecule has 0 saturated carbocycles. The summed E-state index contributed by atoms with van der Waals surface area (Å²) in [5.74, 6) is -1.11. The zero-order valence-corrected chi connectivity index (χ0v) is 15.3. The molecule has 4 rings (SSSR count). The Morgan fingerprint density at radius 1 is 0.897 bits per heavy atom. The van der Waals surface area contributed by atoms with E-state index in [-0.39, 0.29) is 12.1 Å². The topological polar surface area (TPSA) is 20.3 Å². The normalized spacial score (nSPS) is 16.4. The molecular weight excluding hydrogens is 382 g/mol. The lowest BCUT2D eigenvalue weighted by Gasteiger charge is -2.38. The molecule has 2 nitrogen and oxygen atoms in total. The first-order valence-corrected chi connectivity index (χ1v) is 9.17. The lowest BCUT2D eigenvalue weighted by Crippen LogP contribution is -2.41. The van der Waals surface area contributed by atoms with Crippen LogP contribution in [0.3, 0.4) is 0 Å². The summed E-state index contributed by atoms with van der Waals surface area (Å²) in [6.45, 7) is 0.268. The molecule has 29 heavy (non-hydrogen) atoms. The largest absolute Gasteiger partial charge is 0.417 e. The van der Waals surface area contributed by atoms with Crippen molar-refractivity contribution in [1.82, 2.24) is 4.90 Å². The van der Waals surface area contributed by atoms with Crippen LogP contribution in [0.15, 0.2) is 72.8 Å². The first-order chi connectivity index (χ1) is 13.9. The van der Waals surface area contributed by atoms with Gasteiger partial charge in [-0.25, -0.2) is 4.39 Å². The maximum atomic E-state index is 13.5. The van der Waals surface area contributed by atoms with E-state index in [1.54, 1.807) is 12.1 Å². The number of amides is 1. The van der Waals surface area contributed by atoms with Crippen molar-refractivity contribution >= 4 is 5.91 Å². The Kier molecular flexibility index (Phi) is 4.86. The number of benzene rings is 3. The Bertz CT molecular complexity index is 1040. The quantitative estimate of drug-likeness (QED) is 0.511. The molecule has 0 unspecified atom stereocenters. The summed E-state index contributed by atoms with van der Waals surface area (Å²) >= 11 is 0. The number of hydrogen-bond donors (Lipinski definition) is 0. The molecule has 0 aromatic heterocycles. The third-order valence-electron chi connectivity index (χ3n) is 5.19. The van der Waals surface area contributed by atoms with E-state index < -0.39 is 29.5 Å². The predicted molar refractivity (Wildman–Crippen MR) is 101 cm³/mol. The van der Waals surface area contributed by atoms with Crippen molar-refractivity contribution in [1.29, 1.82) is 0 Å². The van der Waals surface area contributed by atoms with Gasteiger partial charge >= 0.3 is 6.18 Å². The smallest absolute Gasteiger partial charge is 0.327 e. The van der Waals surface area contributed by atoms with Crippen LogP contribution in [0.2, 0.25) is 0 Å². The second-order valence-corrected chi connectivity index (χ2v) is 6.94. The lowest BCUT2D eigenvalue weighted by atomic mass is 9.87. The molecule has 1 heterocycles. The Labute approximate surface area is 165 Å². The van der Waals surface area contributed by atoms with Gasteiger partial charge in [0.25, 0.3) is 5.91 Å². The molecule has 0 radical (unpaired) electrons. The Balaban J connectivity index is 1.82. The minimum Gasteiger partial charge on any atom is -0.327 e. The van der Waals surface area contributed by atoms with Gasteiger partial charge < -0.3 is 4.90 Å². The minimum absolute atomic E-state index is 0.268. The molecule has 1 amide bonds. The molecule has 0 N–H and O–H groups in total. The first kappa shape index (κ1) is 19.2. The molecule has 0 saturated heterocycles. The van der Waals surface area contributed by atoms with E-state index in [0.717, 1.165) is 17.2 Å². The van der Waals surface area contributed by atoms with Crippen LogP contribution in [0, 0.1) is 5.82 Å². The summed E-state index contributed by atoms with van der Waals surface area (Å²) in [5.41, 5.74) is 1.17. The van der Waals surface area contributed by atoms with Gasteiger partial charge in [0.2, 0.25) is 0 Å². The molecule has 3 aromatic carbocycles. The van der Waals surface area contributed by atoms with Crippen molar-refractivity contribution in [2.24, 2.45) is 0 Å². The molecule has 148 valence electrons. The van der Waals surface area contributed by atoms with Crippen molar-refractivity contribution in [2.45, 2.75) is 18.6 Å². The molecule has 1 aliphatic rings. The molecule has 0 bridgehead atoms. The van der Waals surface area contributed by atoms with Crippen molar-refractivity contribution in [3.8, 4) is 0 Å². The molecule has 3 aromatic rings. The highest BCUT2D eigenvalue weighted by atomic mass is 19.4. The van der Waals surface area contributed by atoms with Gasteiger partial charge in [0, 0.05) is 6.54 Å². The number of alkyl halides is 3. The van der Waals surface area contributed by atoms with Crippen LogP contribution in [0.4, 0.5) is 17.6 Å². The maximum Gasteiger partial charge on any atom is 0.417 e. The van der Waals surface area contributed by atoms with E-state index in [4.69, 9.17) is 0 Å². The van der Waals surface area contributed by atoms with Gasteiger partial charge in [-0.2, -0.15) is 13.2 Å². The zero-order valence-electron chi connectivity index (χ0n) is 15.3. The number of carbonyl (C=O) groups is 1. The van der Waals surface area contributed by atoms with Crippen LogP contribution in [-0.2, 0) is 12.6 Å². The zero-order chi connectivity index (χ0) is 20.6. The van der Waals surface area contributed by atoms with Crippen molar-refractivity contribution in [2.75, 3.05) is 6.54 Å². The molecule has 1 atom stereocenters. The number of carbonyl (C=O) groups excluding carboxylic acids is 1. The van der Waals surface area contributed by atoms with Crippen LogP contribution in [-0.4, -0.2) is 17.4 Å². The van der Waals surface area contributed by atoms with E-state index in [9.17, 15) is 22.4 Å². The van der Waals surface area contributed by atoms with Gasteiger partial charge in [0.05, 0.1) is 17.2 Å². The summed E-state index contributed by atoms with van der Waals surface area (Å²) in [4.78, 5) is 14.7. The number of fused-ring (bicyclic) bond motifs is 1. The highest BCUT2D eigenvalue weighted by Gasteiger charge is 2.38. The molecule has 0 fully saturated rings. The average Bonchev–Trinajstić information content (AvgIpc) is 2.72. The number of halogens is 4. The fourth-order valence-electron chi connectivity index (χ4n) is 3.86. The van der Waals surface area contributed by atoms with Gasteiger partial charge in [-0.3, -0.25) is 4.79 Å². The van der Waals surface area contributed by atoms with Crippen LogP contribution in [0.5, 0.6) is 0 Å². The second-order valence-electron chi connectivity index (χ2n) is 6.94. The Hall–Kier alpha value is -3.15. The summed E-state index contributed by atoms with van der Waals surface area (Å²) in [6, 6.07) is 17.4. The molecule has 6 heteroatoms. The Morgan fingerprint density at radius 2 is 1.55 bits per heavy atom. The van der Waals surface area contributed by atoms with Crippen LogP contribution in [0.1, 0.15) is 38.7 Å². The third-order valence-corrected chi connectivity index (χ3v) is 5.19. The van der Waals surface area contributed by atoms with E-state index in [2.05, 4.69) is 0 Å². The molecule has 1 aliphatic heterocycles. The van der Waals surface area contributed by atoms with E-state index in [0.29, 0.717) is 12.0 Å². The van der Waals surface area contributed by atoms with Crippen LogP contribution < -0.4 is 0 Å². The highest BCUT2D eigenvalue weighted by molar-refractivity contribution is 5.96. The van der Waals surface area contributed by atoms with Gasteiger partial charge in [-0.1, -0.05) is 48.5 Å². The third kappa shape index (κ3) is 3.62. The van der Waals surface area contributed by atoms with Gasteiger partial charge in [0.1, 0.15) is 5.82 Å². The first-order valence-electron chi connectivity index (χ1n) is 9.17. The van der Waals surface area contributed by atoms with E-state index in [1.807, 2.05) is 24.3 Å². The second kappa shape index (κ2) is 7.35. The van der Waals surface area contributed by atoms with Gasteiger partial charge in [-0.05, 0) is 47.4 Å². The van der Waals surface area contributed by atoms with E-state index in [1.165, 1.54) is 35.2 Å². The van der Waals surface area contributed by atoms with Gasteiger partial charge in [-0.15, -0.1) is 0 Å². The SMILES string of the molecule is O=C(c1ccccc1C(F)(F)F)N1CCc2ccccc2[C@@H]1c1ccc(F)cc1.